The minimum atomic E-state index is 0.0401. The molecule has 4 fully saturated rings. The standard InChI is InChI=1S/C20H30N2O2S/c1-14-22-16(10-25-14)6-17(23)21-4-5-24-20-9-15-7-18(2,12-20)11-19(3,8-15)13-20/h10,15H,4-9,11-13H2,1-3H3,(H,21,23)/t15?,18-,19-,20?/m0/s1. The van der Waals surface area contributed by atoms with Crippen molar-refractivity contribution < 1.29 is 9.53 Å². The molecule has 4 aliphatic rings. The number of thiazole rings is 1. The monoisotopic (exact) mass is 362 g/mol. The van der Waals surface area contributed by atoms with Crippen molar-refractivity contribution in [2.75, 3.05) is 13.2 Å². The first-order valence-electron chi connectivity index (χ1n) is 9.59. The van der Waals surface area contributed by atoms with Crippen LogP contribution in [0.5, 0.6) is 0 Å². The number of nitrogens with one attached hydrogen (secondary N) is 1. The van der Waals surface area contributed by atoms with E-state index in [2.05, 4.69) is 24.1 Å². The Morgan fingerprint density at radius 3 is 2.60 bits per heavy atom. The van der Waals surface area contributed by atoms with Crippen LogP contribution in [0.4, 0.5) is 0 Å². The normalized spacial score (nSPS) is 38.9. The second-order valence-corrected chi connectivity index (χ2v) is 10.6. The van der Waals surface area contributed by atoms with Crippen molar-refractivity contribution in [1.82, 2.24) is 10.3 Å². The maximum absolute atomic E-state index is 12.0. The Hall–Kier alpha value is -0.940. The molecule has 5 rings (SSSR count). The van der Waals surface area contributed by atoms with Gasteiger partial charge in [0.1, 0.15) is 0 Å². The molecule has 1 heterocycles. The first kappa shape index (κ1) is 17.5. The highest BCUT2D eigenvalue weighted by atomic mass is 32.1. The summed E-state index contributed by atoms with van der Waals surface area (Å²) in [7, 11) is 0. The number of carbonyl (C=O) groups is 1. The molecule has 0 saturated heterocycles. The molecule has 25 heavy (non-hydrogen) atoms. The van der Waals surface area contributed by atoms with Gasteiger partial charge in [-0.15, -0.1) is 11.3 Å². The van der Waals surface area contributed by atoms with Crippen molar-refractivity contribution in [2.24, 2.45) is 16.7 Å². The summed E-state index contributed by atoms with van der Waals surface area (Å²) in [6.07, 6.45) is 8.15. The topological polar surface area (TPSA) is 51.2 Å². The van der Waals surface area contributed by atoms with Gasteiger partial charge in [-0.3, -0.25) is 4.79 Å². The van der Waals surface area contributed by atoms with E-state index in [1.165, 1.54) is 38.5 Å². The molecule has 0 spiro atoms. The van der Waals surface area contributed by atoms with E-state index in [1.54, 1.807) is 11.3 Å². The van der Waals surface area contributed by atoms with Crippen molar-refractivity contribution in [1.29, 1.82) is 0 Å². The second kappa shape index (κ2) is 6.05. The molecule has 0 unspecified atom stereocenters. The fourth-order valence-corrected chi connectivity index (χ4v) is 7.29. The van der Waals surface area contributed by atoms with Crippen molar-refractivity contribution in [3.05, 3.63) is 16.1 Å². The van der Waals surface area contributed by atoms with Crippen LogP contribution < -0.4 is 5.32 Å². The number of nitrogens with zero attached hydrogens (tertiary/aromatic N) is 1. The highest BCUT2D eigenvalue weighted by molar-refractivity contribution is 7.09. The van der Waals surface area contributed by atoms with E-state index in [4.69, 9.17) is 4.74 Å². The van der Waals surface area contributed by atoms with Gasteiger partial charge >= 0.3 is 0 Å². The van der Waals surface area contributed by atoms with Crippen molar-refractivity contribution in [3.8, 4) is 0 Å². The van der Waals surface area contributed by atoms with E-state index >= 15 is 0 Å². The van der Waals surface area contributed by atoms with Crippen molar-refractivity contribution >= 4 is 17.2 Å². The lowest BCUT2D eigenvalue weighted by Gasteiger charge is -2.65. The molecule has 1 amide bonds. The molecule has 1 N–H and O–H groups in total. The van der Waals surface area contributed by atoms with Gasteiger partial charge in [-0.25, -0.2) is 4.98 Å². The van der Waals surface area contributed by atoms with Crippen LogP contribution >= 0.6 is 11.3 Å². The number of aromatic nitrogens is 1. The number of carbonyl (C=O) groups excluding carboxylic acids is 1. The Kier molecular flexibility index (Phi) is 4.23. The minimum absolute atomic E-state index is 0.0401. The number of ether oxygens (including phenoxy) is 1. The summed E-state index contributed by atoms with van der Waals surface area (Å²) >= 11 is 1.59. The molecule has 0 radical (unpaired) electrons. The van der Waals surface area contributed by atoms with Crippen LogP contribution in [-0.4, -0.2) is 29.6 Å². The molecule has 4 saturated carbocycles. The van der Waals surface area contributed by atoms with Gasteiger partial charge in [0.05, 0.1) is 29.3 Å². The van der Waals surface area contributed by atoms with E-state index in [-0.39, 0.29) is 11.5 Å². The summed E-state index contributed by atoms with van der Waals surface area (Å²) in [5, 5.41) is 5.96. The number of amides is 1. The van der Waals surface area contributed by atoms with E-state index in [0.29, 0.717) is 30.4 Å². The lowest BCUT2D eigenvalue weighted by Crippen LogP contribution is -2.59. The van der Waals surface area contributed by atoms with E-state index in [0.717, 1.165) is 16.6 Å². The third kappa shape index (κ3) is 3.63. The predicted octanol–water partition coefficient (Wildman–Crippen LogP) is 3.88. The Balaban J connectivity index is 1.27. The van der Waals surface area contributed by atoms with Crippen LogP contribution in [0.25, 0.3) is 0 Å². The maximum Gasteiger partial charge on any atom is 0.226 e. The average molecular weight is 363 g/mol. The molecule has 1 aromatic rings. The second-order valence-electron chi connectivity index (χ2n) is 9.55. The first-order valence-corrected chi connectivity index (χ1v) is 10.5. The van der Waals surface area contributed by atoms with E-state index in [9.17, 15) is 4.79 Å². The zero-order valence-corrected chi connectivity index (χ0v) is 16.5. The van der Waals surface area contributed by atoms with Gasteiger partial charge in [-0.1, -0.05) is 13.8 Å². The molecule has 2 atom stereocenters. The maximum atomic E-state index is 12.0. The number of aryl methyl sites for hydroxylation is 1. The predicted molar refractivity (Wildman–Crippen MR) is 99.7 cm³/mol. The van der Waals surface area contributed by atoms with Crippen LogP contribution in [0.1, 0.15) is 63.1 Å². The number of hydrogen-bond donors (Lipinski definition) is 1. The summed E-state index contributed by atoms with van der Waals surface area (Å²) in [6, 6.07) is 0. The molecule has 138 valence electrons. The SMILES string of the molecule is Cc1nc(CC(=O)NCCOC23CC4C[C@](C)(C2)C[C@](C)(C4)C3)cs1. The Bertz CT molecular complexity index is 652. The van der Waals surface area contributed by atoms with Crippen LogP contribution in [0.2, 0.25) is 0 Å². The van der Waals surface area contributed by atoms with Crippen molar-refractivity contribution in [2.45, 2.75) is 71.3 Å². The van der Waals surface area contributed by atoms with Crippen LogP contribution in [-0.2, 0) is 16.0 Å². The van der Waals surface area contributed by atoms with Gasteiger partial charge in [0.25, 0.3) is 0 Å². The zero-order chi connectivity index (χ0) is 17.7. The average Bonchev–Trinajstić information content (AvgIpc) is 2.85. The summed E-state index contributed by atoms with van der Waals surface area (Å²) in [5.74, 6) is 0.882. The quantitative estimate of drug-likeness (QED) is 0.782. The van der Waals surface area contributed by atoms with Gasteiger partial charge in [-0.05, 0) is 62.2 Å². The summed E-state index contributed by atoms with van der Waals surface area (Å²) in [4.78, 5) is 16.4. The van der Waals surface area contributed by atoms with Crippen LogP contribution in [0, 0.1) is 23.7 Å². The largest absolute Gasteiger partial charge is 0.373 e. The van der Waals surface area contributed by atoms with Gasteiger partial charge in [0.15, 0.2) is 0 Å². The highest BCUT2D eigenvalue weighted by Gasteiger charge is 2.60. The van der Waals surface area contributed by atoms with Gasteiger partial charge < -0.3 is 10.1 Å². The third-order valence-corrected chi connectivity index (χ3v) is 7.24. The molecular weight excluding hydrogens is 332 g/mol. The molecule has 4 aliphatic carbocycles. The van der Waals surface area contributed by atoms with E-state index in [1.807, 2.05) is 12.3 Å². The van der Waals surface area contributed by atoms with Crippen LogP contribution in [0.3, 0.4) is 0 Å². The Morgan fingerprint density at radius 1 is 1.28 bits per heavy atom. The van der Waals surface area contributed by atoms with Gasteiger partial charge in [0, 0.05) is 11.9 Å². The summed E-state index contributed by atoms with van der Waals surface area (Å²) < 4.78 is 6.45. The van der Waals surface area contributed by atoms with Gasteiger partial charge in [0.2, 0.25) is 5.91 Å². The molecule has 4 bridgehead atoms. The molecule has 0 aliphatic heterocycles. The zero-order valence-electron chi connectivity index (χ0n) is 15.7. The Labute approximate surface area is 154 Å². The number of hydrogen-bond acceptors (Lipinski definition) is 4. The molecule has 4 nitrogen and oxygen atoms in total. The first-order chi connectivity index (χ1) is 11.8. The Morgan fingerprint density at radius 2 is 2.00 bits per heavy atom. The lowest BCUT2D eigenvalue weighted by atomic mass is 9.43. The molecular formula is C20H30N2O2S. The third-order valence-electron chi connectivity index (χ3n) is 6.42. The smallest absolute Gasteiger partial charge is 0.226 e. The highest BCUT2D eigenvalue weighted by Crippen LogP contribution is 2.67. The van der Waals surface area contributed by atoms with Crippen molar-refractivity contribution in [3.63, 3.8) is 0 Å². The van der Waals surface area contributed by atoms with Gasteiger partial charge in [-0.2, -0.15) is 0 Å². The minimum Gasteiger partial charge on any atom is -0.373 e. The van der Waals surface area contributed by atoms with E-state index < -0.39 is 0 Å². The molecule has 1 aromatic heterocycles. The van der Waals surface area contributed by atoms with Crippen LogP contribution in [0.15, 0.2) is 5.38 Å². The molecule has 5 heteroatoms. The summed E-state index contributed by atoms with van der Waals surface area (Å²) in [6.45, 7) is 8.12. The fourth-order valence-electron chi connectivity index (χ4n) is 6.68. The number of rotatable bonds is 6. The summed E-state index contributed by atoms with van der Waals surface area (Å²) in [5.41, 5.74) is 1.88. The lowest BCUT2D eigenvalue weighted by molar-refractivity contribution is -0.213. The molecule has 0 aromatic carbocycles. The fraction of sp³-hybridized carbons (Fsp3) is 0.800.